The number of benzene rings is 2. The van der Waals surface area contributed by atoms with Crippen LogP contribution in [0.25, 0.3) is 11.5 Å². The standard InChI is InChI=1S/C26H24N2O5S/c1-18-22(27-25(33-18)20-8-3-2-4-9-20)12-13-32-21-10-5-7-19(15-21)16-28(17-24(29)30)26(31)23-11-6-14-34-23/h2-11,14-15H,12-13,16-17H2,1H3,(H,29,30). The highest BCUT2D eigenvalue weighted by Gasteiger charge is 2.20. The number of aliphatic carboxylic acids is 1. The van der Waals surface area contributed by atoms with E-state index in [2.05, 4.69) is 4.98 Å². The molecule has 4 aromatic rings. The molecule has 174 valence electrons. The molecule has 0 saturated heterocycles. The number of rotatable bonds is 10. The predicted molar refractivity (Wildman–Crippen MR) is 129 cm³/mol. The number of aryl methyl sites for hydroxylation is 1. The van der Waals surface area contributed by atoms with Crippen molar-refractivity contribution < 1.29 is 23.8 Å². The van der Waals surface area contributed by atoms with Gasteiger partial charge in [0.05, 0.1) is 17.2 Å². The molecule has 4 rings (SSSR count). The van der Waals surface area contributed by atoms with Crippen molar-refractivity contribution in [3.63, 3.8) is 0 Å². The van der Waals surface area contributed by atoms with E-state index in [1.54, 1.807) is 17.5 Å². The molecule has 2 aromatic carbocycles. The van der Waals surface area contributed by atoms with Crippen LogP contribution < -0.4 is 4.74 Å². The van der Waals surface area contributed by atoms with Gasteiger partial charge in [-0.05, 0) is 48.2 Å². The minimum Gasteiger partial charge on any atom is -0.493 e. The molecule has 7 nitrogen and oxygen atoms in total. The van der Waals surface area contributed by atoms with Gasteiger partial charge in [-0.1, -0.05) is 36.4 Å². The summed E-state index contributed by atoms with van der Waals surface area (Å²) in [5.74, 6) is 0.618. The molecule has 0 fully saturated rings. The second kappa shape index (κ2) is 10.8. The summed E-state index contributed by atoms with van der Waals surface area (Å²) in [7, 11) is 0. The molecule has 34 heavy (non-hydrogen) atoms. The van der Waals surface area contributed by atoms with E-state index in [1.165, 1.54) is 16.2 Å². The molecule has 1 amide bonds. The van der Waals surface area contributed by atoms with E-state index in [4.69, 9.17) is 9.15 Å². The Morgan fingerprint density at radius 3 is 2.65 bits per heavy atom. The van der Waals surface area contributed by atoms with E-state index >= 15 is 0 Å². The van der Waals surface area contributed by atoms with Crippen molar-refractivity contribution >= 4 is 23.2 Å². The zero-order valence-corrected chi connectivity index (χ0v) is 19.5. The van der Waals surface area contributed by atoms with Gasteiger partial charge in [-0.25, -0.2) is 4.98 Å². The average Bonchev–Trinajstić information content (AvgIpc) is 3.49. The molecule has 1 N–H and O–H groups in total. The molecule has 0 aliphatic rings. The number of nitrogens with zero attached hydrogens (tertiary/aromatic N) is 2. The fourth-order valence-corrected chi connectivity index (χ4v) is 4.19. The normalized spacial score (nSPS) is 10.7. The highest BCUT2D eigenvalue weighted by Crippen LogP contribution is 2.22. The van der Waals surface area contributed by atoms with Crippen molar-refractivity contribution in [3.05, 3.63) is 94.0 Å². The molecule has 2 aromatic heterocycles. The molecule has 0 aliphatic heterocycles. The first-order valence-corrected chi connectivity index (χ1v) is 11.7. The van der Waals surface area contributed by atoms with E-state index in [0.29, 0.717) is 29.5 Å². The van der Waals surface area contributed by atoms with Crippen molar-refractivity contribution in [1.82, 2.24) is 9.88 Å². The maximum Gasteiger partial charge on any atom is 0.323 e. The Morgan fingerprint density at radius 1 is 1.09 bits per heavy atom. The number of hydrogen-bond acceptors (Lipinski definition) is 6. The van der Waals surface area contributed by atoms with Gasteiger partial charge < -0.3 is 19.2 Å². The third-order valence-corrected chi connectivity index (χ3v) is 6.00. The second-order valence-electron chi connectivity index (χ2n) is 7.67. The van der Waals surface area contributed by atoms with Crippen molar-refractivity contribution in [2.75, 3.05) is 13.2 Å². The van der Waals surface area contributed by atoms with Crippen LogP contribution >= 0.6 is 11.3 Å². The number of oxazole rings is 1. The van der Waals surface area contributed by atoms with Crippen LogP contribution in [0, 0.1) is 6.92 Å². The Balaban J connectivity index is 1.38. The molecule has 0 spiro atoms. The largest absolute Gasteiger partial charge is 0.493 e. The molecule has 2 heterocycles. The van der Waals surface area contributed by atoms with Crippen LogP contribution in [0.15, 0.2) is 76.5 Å². The number of carboxylic acids is 1. The Kier molecular flexibility index (Phi) is 7.39. The summed E-state index contributed by atoms with van der Waals surface area (Å²) in [6.07, 6.45) is 0.578. The highest BCUT2D eigenvalue weighted by atomic mass is 32.1. The number of thiophene rings is 1. The topological polar surface area (TPSA) is 92.9 Å². The van der Waals surface area contributed by atoms with Gasteiger partial charge in [0.2, 0.25) is 5.89 Å². The van der Waals surface area contributed by atoms with Gasteiger partial charge in [0.1, 0.15) is 18.1 Å². The Bertz CT molecular complexity index is 1250. The highest BCUT2D eigenvalue weighted by molar-refractivity contribution is 7.12. The molecule has 8 heteroatoms. The first kappa shape index (κ1) is 23.3. The van der Waals surface area contributed by atoms with Crippen molar-refractivity contribution in [2.24, 2.45) is 0 Å². The zero-order chi connectivity index (χ0) is 23.9. The summed E-state index contributed by atoms with van der Waals surface area (Å²) in [6, 6.07) is 20.5. The summed E-state index contributed by atoms with van der Waals surface area (Å²) in [5, 5.41) is 11.0. The molecular formula is C26H24N2O5S. The summed E-state index contributed by atoms with van der Waals surface area (Å²) in [4.78, 5) is 30.4. The van der Waals surface area contributed by atoms with Crippen LogP contribution in [0.3, 0.4) is 0 Å². The van der Waals surface area contributed by atoms with Crippen LogP contribution in [0.5, 0.6) is 5.75 Å². The number of ether oxygens (including phenoxy) is 1. The molecule has 0 atom stereocenters. The molecule has 0 radical (unpaired) electrons. The minimum atomic E-state index is -1.06. The predicted octanol–water partition coefficient (Wildman–Crippen LogP) is 5.06. The monoisotopic (exact) mass is 476 g/mol. The van der Waals surface area contributed by atoms with Crippen LogP contribution in [-0.4, -0.2) is 40.0 Å². The van der Waals surface area contributed by atoms with Gasteiger partial charge in [0, 0.05) is 18.5 Å². The fourth-order valence-electron chi connectivity index (χ4n) is 3.50. The van der Waals surface area contributed by atoms with Crippen LogP contribution in [0.2, 0.25) is 0 Å². The molecule has 0 bridgehead atoms. The van der Waals surface area contributed by atoms with Crippen LogP contribution in [0.1, 0.15) is 26.7 Å². The van der Waals surface area contributed by atoms with Crippen molar-refractivity contribution in [1.29, 1.82) is 0 Å². The zero-order valence-electron chi connectivity index (χ0n) is 18.6. The number of carbonyl (C=O) groups is 2. The first-order valence-electron chi connectivity index (χ1n) is 10.8. The smallest absolute Gasteiger partial charge is 0.323 e. The second-order valence-corrected chi connectivity index (χ2v) is 8.61. The first-order chi connectivity index (χ1) is 16.5. The van der Waals surface area contributed by atoms with E-state index in [-0.39, 0.29) is 19.0 Å². The molecule has 0 aliphatic carbocycles. The summed E-state index contributed by atoms with van der Waals surface area (Å²) >= 11 is 1.29. The number of carbonyl (C=O) groups excluding carboxylic acids is 1. The van der Waals surface area contributed by atoms with Gasteiger partial charge >= 0.3 is 5.97 Å². The maximum atomic E-state index is 12.7. The summed E-state index contributed by atoms with van der Waals surface area (Å²) in [6.45, 7) is 2.08. The van der Waals surface area contributed by atoms with Crippen LogP contribution in [-0.2, 0) is 17.8 Å². The lowest BCUT2D eigenvalue weighted by atomic mass is 10.2. The number of hydrogen-bond donors (Lipinski definition) is 1. The lowest BCUT2D eigenvalue weighted by Gasteiger charge is -2.20. The van der Waals surface area contributed by atoms with Gasteiger partial charge in [0.25, 0.3) is 5.91 Å². The Hall–Kier alpha value is -3.91. The number of carboxylic acid groups (broad SMARTS) is 1. The summed E-state index contributed by atoms with van der Waals surface area (Å²) < 4.78 is 11.7. The molecule has 0 saturated carbocycles. The SMILES string of the molecule is Cc1oc(-c2ccccc2)nc1CCOc1cccc(CN(CC(=O)O)C(=O)c2cccs2)c1. The Labute approximate surface area is 201 Å². The number of amides is 1. The fraction of sp³-hybridized carbons (Fsp3) is 0.192. The lowest BCUT2D eigenvalue weighted by Crippen LogP contribution is -2.34. The van der Waals surface area contributed by atoms with Gasteiger partial charge in [-0.15, -0.1) is 11.3 Å². The van der Waals surface area contributed by atoms with E-state index in [9.17, 15) is 14.7 Å². The van der Waals surface area contributed by atoms with E-state index in [0.717, 1.165) is 22.6 Å². The van der Waals surface area contributed by atoms with Crippen molar-refractivity contribution in [2.45, 2.75) is 19.9 Å². The van der Waals surface area contributed by atoms with E-state index < -0.39 is 5.97 Å². The maximum absolute atomic E-state index is 12.7. The van der Waals surface area contributed by atoms with E-state index in [1.807, 2.05) is 61.5 Å². The third kappa shape index (κ3) is 5.90. The average molecular weight is 477 g/mol. The van der Waals surface area contributed by atoms with Gasteiger partial charge in [-0.3, -0.25) is 9.59 Å². The van der Waals surface area contributed by atoms with Gasteiger partial charge in [-0.2, -0.15) is 0 Å². The number of aromatic nitrogens is 1. The minimum absolute atomic E-state index is 0.170. The Morgan fingerprint density at radius 2 is 1.91 bits per heavy atom. The third-order valence-electron chi connectivity index (χ3n) is 5.14. The summed E-state index contributed by atoms with van der Waals surface area (Å²) in [5.41, 5.74) is 2.55. The van der Waals surface area contributed by atoms with Gasteiger partial charge in [0.15, 0.2) is 0 Å². The van der Waals surface area contributed by atoms with Crippen molar-refractivity contribution in [3.8, 4) is 17.2 Å². The molecular weight excluding hydrogens is 452 g/mol. The van der Waals surface area contributed by atoms with Crippen LogP contribution in [0.4, 0.5) is 0 Å². The lowest BCUT2D eigenvalue weighted by molar-refractivity contribution is -0.137. The molecule has 0 unspecified atom stereocenters. The quantitative estimate of drug-likeness (QED) is 0.344.